The molecule has 7 heteroatoms. The highest BCUT2D eigenvalue weighted by atomic mass is 32.1. The summed E-state index contributed by atoms with van der Waals surface area (Å²) in [5.74, 6) is 0.671. The van der Waals surface area contributed by atoms with Gasteiger partial charge in [0.15, 0.2) is 10.8 Å². The summed E-state index contributed by atoms with van der Waals surface area (Å²) in [6, 6.07) is 3.75. The van der Waals surface area contributed by atoms with Gasteiger partial charge in [0.2, 0.25) is 0 Å². The van der Waals surface area contributed by atoms with Crippen molar-refractivity contribution in [3.8, 4) is 10.8 Å². The maximum absolute atomic E-state index is 12.8. The van der Waals surface area contributed by atoms with Crippen molar-refractivity contribution in [2.45, 2.75) is 18.9 Å². The number of hydrogen-bond acceptors (Lipinski definition) is 5. The topological polar surface area (TPSA) is 64.2 Å². The molecule has 1 aliphatic heterocycles. The van der Waals surface area contributed by atoms with Gasteiger partial charge < -0.3 is 9.32 Å². The Bertz CT molecular complexity index is 821. The maximum Gasteiger partial charge on any atom is 0.273 e. The van der Waals surface area contributed by atoms with Crippen molar-refractivity contribution in [3.63, 3.8) is 0 Å². The first-order valence-electron chi connectivity index (χ1n) is 7.51. The lowest BCUT2D eigenvalue weighted by atomic mass is 10.1. The summed E-state index contributed by atoms with van der Waals surface area (Å²) >= 11 is 1.43. The van der Waals surface area contributed by atoms with Crippen LogP contribution in [0.4, 0.5) is 0 Å². The molecule has 0 unspecified atom stereocenters. The van der Waals surface area contributed by atoms with Crippen molar-refractivity contribution >= 4 is 17.2 Å². The van der Waals surface area contributed by atoms with Gasteiger partial charge in [-0.25, -0.2) is 4.98 Å². The van der Waals surface area contributed by atoms with E-state index in [0.717, 1.165) is 30.0 Å². The molecule has 1 saturated heterocycles. The van der Waals surface area contributed by atoms with Crippen LogP contribution in [0.15, 0.2) is 40.6 Å². The fraction of sp³-hybridized carbons (Fsp3) is 0.312. The molecule has 23 heavy (non-hydrogen) atoms. The number of likely N-dealkylation sites (tertiary alicyclic amines) is 1. The fourth-order valence-electron chi connectivity index (χ4n) is 3.00. The van der Waals surface area contributed by atoms with E-state index < -0.39 is 0 Å². The summed E-state index contributed by atoms with van der Waals surface area (Å²) in [5, 5.41) is 6.75. The number of rotatable bonds is 3. The third-order valence-corrected chi connectivity index (χ3v) is 4.94. The molecule has 3 aromatic rings. The van der Waals surface area contributed by atoms with Gasteiger partial charge in [-0.15, -0.1) is 11.3 Å². The Labute approximate surface area is 137 Å². The van der Waals surface area contributed by atoms with E-state index in [0.29, 0.717) is 11.5 Å². The second-order valence-electron chi connectivity index (χ2n) is 5.62. The molecule has 0 saturated carbocycles. The summed E-state index contributed by atoms with van der Waals surface area (Å²) < 4.78 is 7.12. The van der Waals surface area contributed by atoms with Gasteiger partial charge in [-0.1, -0.05) is 0 Å². The molecule has 1 amide bonds. The highest BCUT2D eigenvalue weighted by Gasteiger charge is 2.32. The van der Waals surface area contributed by atoms with Gasteiger partial charge in [0.1, 0.15) is 5.69 Å². The number of nitrogens with zero attached hydrogens (tertiary/aromatic N) is 4. The quantitative estimate of drug-likeness (QED) is 0.741. The van der Waals surface area contributed by atoms with E-state index in [2.05, 4.69) is 10.1 Å². The van der Waals surface area contributed by atoms with Gasteiger partial charge in [-0.3, -0.25) is 9.48 Å². The van der Waals surface area contributed by atoms with E-state index in [-0.39, 0.29) is 11.9 Å². The van der Waals surface area contributed by atoms with Gasteiger partial charge in [0, 0.05) is 30.7 Å². The van der Waals surface area contributed by atoms with Gasteiger partial charge in [-0.05, 0) is 25.0 Å². The summed E-state index contributed by atoms with van der Waals surface area (Å²) in [6.07, 6.45) is 7.39. The van der Waals surface area contributed by atoms with Crippen molar-refractivity contribution in [2.24, 2.45) is 7.05 Å². The lowest BCUT2D eigenvalue weighted by molar-refractivity contribution is 0.0730. The Balaban J connectivity index is 1.58. The van der Waals surface area contributed by atoms with Crippen LogP contribution in [0.3, 0.4) is 0 Å². The van der Waals surface area contributed by atoms with Crippen LogP contribution < -0.4 is 0 Å². The molecule has 0 aromatic carbocycles. The highest BCUT2D eigenvalue weighted by molar-refractivity contribution is 7.13. The summed E-state index contributed by atoms with van der Waals surface area (Å²) in [6.45, 7) is 0.756. The fourth-order valence-corrected chi connectivity index (χ4v) is 3.76. The molecule has 1 aliphatic rings. The van der Waals surface area contributed by atoms with Crippen molar-refractivity contribution < 1.29 is 9.21 Å². The molecule has 1 atom stereocenters. The number of aryl methyl sites for hydroxylation is 1. The molecule has 118 valence electrons. The number of carbonyl (C=O) groups is 1. The zero-order chi connectivity index (χ0) is 15.8. The monoisotopic (exact) mass is 328 g/mol. The minimum atomic E-state index is -0.0228. The van der Waals surface area contributed by atoms with Crippen LogP contribution in [0.5, 0.6) is 0 Å². The predicted octanol–water partition coefficient (Wildman–Crippen LogP) is 3.11. The zero-order valence-corrected chi connectivity index (χ0v) is 13.5. The van der Waals surface area contributed by atoms with Crippen LogP contribution in [0.25, 0.3) is 10.8 Å². The van der Waals surface area contributed by atoms with Gasteiger partial charge in [0.05, 0.1) is 18.5 Å². The molecule has 3 aromatic heterocycles. The predicted molar refractivity (Wildman–Crippen MR) is 86.0 cm³/mol. The third kappa shape index (κ3) is 2.57. The van der Waals surface area contributed by atoms with Crippen LogP contribution in [-0.4, -0.2) is 32.1 Å². The molecule has 0 bridgehead atoms. The molecular formula is C16H16N4O2S. The standard InChI is InChI=1S/C16H16N4O2S/c1-19-9-11(8-17-19)13-4-2-6-20(13)16(21)12-10-23-15(18-12)14-5-3-7-22-14/h3,5,7-10,13H,2,4,6H2,1H3/t13-/m0/s1. The zero-order valence-electron chi connectivity index (χ0n) is 12.7. The lowest BCUT2D eigenvalue weighted by Gasteiger charge is -2.22. The molecule has 0 radical (unpaired) electrons. The Morgan fingerprint density at radius 1 is 1.48 bits per heavy atom. The molecule has 4 heterocycles. The molecule has 1 fully saturated rings. The first-order chi connectivity index (χ1) is 11.2. The van der Waals surface area contributed by atoms with Crippen LogP contribution in [0.2, 0.25) is 0 Å². The molecule has 0 aliphatic carbocycles. The van der Waals surface area contributed by atoms with E-state index in [4.69, 9.17) is 4.42 Å². The molecule has 0 spiro atoms. The number of carbonyl (C=O) groups excluding carboxylic acids is 1. The lowest BCUT2D eigenvalue weighted by Crippen LogP contribution is -2.30. The Morgan fingerprint density at radius 2 is 2.39 bits per heavy atom. The normalized spacial score (nSPS) is 17.8. The molecule has 4 rings (SSSR count). The summed E-state index contributed by atoms with van der Waals surface area (Å²) in [4.78, 5) is 19.2. The van der Waals surface area contributed by atoms with Crippen molar-refractivity contribution in [2.75, 3.05) is 6.54 Å². The number of aromatic nitrogens is 3. The van der Waals surface area contributed by atoms with E-state index in [1.54, 1.807) is 16.3 Å². The SMILES string of the molecule is Cn1cc([C@@H]2CCCN2C(=O)c2csc(-c3ccco3)n2)cn1. The van der Waals surface area contributed by atoms with Crippen molar-refractivity contribution in [3.05, 3.63) is 47.4 Å². The van der Waals surface area contributed by atoms with E-state index in [1.165, 1.54) is 11.3 Å². The minimum absolute atomic E-state index is 0.0228. The summed E-state index contributed by atoms with van der Waals surface area (Å²) in [5.41, 5.74) is 1.57. The maximum atomic E-state index is 12.8. The molecular weight excluding hydrogens is 312 g/mol. The van der Waals surface area contributed by atoms with Gasteiger partial charge in [-0.2, -0.15) is 5.10 Å². The van der Waals surface area contributed by atoms with Crippen molar-refractivity contribution in [1.29, 1.82) is 0 Å². The van der Waals surface area contributed by atoms with Gasteiger partial charge in [0.25, 0.3) is 5.91 Å². The second kappa shape index (κ2) is 5.66. The average Bonchev–Trinajstić information content (AvgIpc) is 3.31. The first kappa shape index (κ1) is 14.2. The number of amides is 1. The Kier molecular flexibility index (Phi) is 3.49. The number of furan rings is 1. The molecule has 0 N–H and O–H groups in total. The van der Waals surface area contributed by atoms with E-state index >= 15 is 0 Å². The smallest absolute Gasteiger partial charge is 0.273 e. The van der Waals surface area contributed by atoms with Gasteiger partial charge >= 0.3 is 0 Å². The van der Waals surface area contributed by atoms with E-state index in [9.17, 15) is 4.79 Å². The first-order valence-corrected chi connectivity index (χ1v) is 8.39. The molecule has 6 nitrogen and oxygen atoms in total. The number of hydrogen-bond donors (Lipinski definition) is 0. The largest absolute Gasteiger partial charge is 0.462 e. The van der Waals surface area contributed by atoms with Crippen LogP contribution in [-0.2, 0) is 7.05 Å². The minimum Gasteiger partial charge on any atom is -0.462 e. The Hall–Kier alpha value is -2.41. The number of thiazole rings is 1. The third-order valence-electron chi connectivity index (χ3n) is 4.08. The highest BCUT2D eigenvalue weighted by Crippen LogP contribution is 2.33. The van der Waals surface area contributed by atoms with Crippen LogP contribution in [0.1, 0.15) is 34.9 Å². The van der Waals surface area contributed by atoms with Crippen LogP contribution in [0, 0.1) is 0 Å². The van der Waals surface area contributed by atoms with E-state index in [1.807, 2.05) is 36.5 Å². The Morgan fingerprint density at radius 3 is 3.13 bits per heavy atom. The average molecular weight is 328 g/mol. The summed E-state index contributed by atoms with van der Waals surface area (Å²) in [7, 11) is 1.89. The van der Waals surface area contributed by atoms with Crippen LogP contribution >= 0.6 is 11.3 Å². The van der Waals surface area contributed by atoms with Crippen molar-refractivity contribution in [1.82, 2.24) is 19.7 Å². The second-order valence-corrected chi connectivity index (χ2v) is 6.48.